The molecule has 3 N–H and O–H groups in total. The molecule has 4 rings (SSSR count). The number of aliphatic hydroxyl groups excluding tert-OH is 1. The Labute approximate surface area is 129 Å². The van der Waals surface area contributed by atoms with Crippen LogP contribution in [0.2, 0.25) is 0 Å². The fraction of sp³-hybridized carbons (Fsp3) is 1.00. The van der Waals surface area contributed by atoms with Crippen molar-refractivity contribution in [2.75, 3.05) is 0 Å². The van der Waals surface area contributed by atoms with Gasteiger partial charge in [-0.3, -0.25) is 0 Å². The van der Waals surface area contributed by atoms with E-state index >= 15 is 0 Å². The fourth-order valence-electron chi connectivity index (χ4n) is 7.61. The van der Waals surface area contributed by atoms with Crippen LogP contribution >= 0.6 is 0 Å². The van der Waals surface area contributed by atoms with Crippen LogP contribution in [0.3, 0.4) is 0 Å². The molecule has 4 aliphatic carbocycles. The van der Waals surface area contributed by atoms with Crippen molar-refractivity contribution in [2.24, 2.45) is 40.2 Å². The summed E-state index contributed by atoms with van der Waals surface area (Å²) in [7, 11) is 0. The van der Waals surface area contributed by atoms with E-state index in [1.165, 1.54) is 44.9 Å². The largest absolute Gasteiger partial charge is 0.393 e. The van der Waals surface area contributed by atoms with Crippen molar-refractivity contribution in [1.82, 2.24) is 0 Å². The van der Waals surface area contributed by atoms with Crippen molar-refractivity contribution in [1.29, 1.82) is 0 Å². The van der Waals surface area contributed by atoms with Crippen LogP contribution in [0.15, 0.2) is 0 Å². The molecule has 0 saturated heterocycles. The molecule has 8 atom stereocenters. The van der Waals surface area contributed by atoms with Gasteiger partial charge in [0.1, 0.15) is 0 Å². The molecule has 2 heteroatoms. The lowest BCUT2D eigenvalue weighted by molar-refractivity contribution is -0.133. The van der Waals surface area contributed by atoms with E-state index in [-0.39, 0.29) is 6.10 Å². The van der Waals surface area contributed by atoms with Crippen molar-refractivity contribution < 1.29 is 5.11 Å². The Morgan fingerprint density at radius 1 is 1.00 bits per heavy atom. The van der Waals surface area contributed by atoms with Crippen LogP contribution in [-0.2, 0) is 0 Å². The second-order valence-corrected chi connectivity index (χ2v) is 9.43. The molecule has 0 bridgehead atoms. The van der Waals surface area contributed by atoms with E-state index in [4.69, 9.17) is 5.73 Å². The maximum Gasteiger partial charge on any atom is 0.0545 e. The summed E-state index contributed by atoms with van der Waals surface area (Å²) in [4.78, 5) is 0. The van der Waals surface area contributed by atoms with Gasteiger partial charge in [-0.05, 0) is 85.9 Å². The number of hydrogen-bond donors (Lipinski definition) is 2. The molecule has 2 nitrogen and oxygen atoms in total. The number of rotatable bonds is 0. The Morgan fingerprint density at radius 3 is 2.57 bits per heavy atom. The smallest absolute Gasteiger partial charge is 0.0545 e. The minimum atomic E-state index is -0.0749. The summed E-state index contributed by atoms with van der Waals surface area (Å²) in [6.45, 7) is 5.00. The highest BCUT2D eigenvalue weighted by atomic mass is 16.3. The van der Waals surface area contributed by atoms with Crippen LogP contribution in [0.5, 0.6) is 0 Å². The molecule has 0 amide bonds. The van der Waals surface area contributed by atoms with Gasteiger partial charge in [-0.2, -0.15) is 0 Å². The van der Waals surface area contributed by atoms with Gasteiger partial charge in [0.25, 0.3) is 0 Å². The molecular weight excluding hydrogens is 258 g/mol. The van der Waals surface area contributed by atoms with Crippen molar-refractivity contribution in [3.63, 3.8) is 0 Å². The maximum absolute atomic E-state index is 10.3. The second kappa shape index (κ2) is 4.71. The Morgan fingerprint density at radius 2 is 1.76 bits per heavy atom. The first kappa shape index (κ1) is 14.5. The average molecular weight is 291 g/mol. The van der Waals surface area contributed by atoms with Gasteiger partial charge in [0.2, 0.25) is 0 Å². The summed E-state index contributed by atoms with van der Waals surface area (Å²) in [5.74, 6) is 3.24. The van der Waals surface area contributed by atoms with Gasteiger partial charge in [-0.1, -0.05) is 20.3 Å². The van der Waals surface area contributed by atoms with Crippen LogP contribution in [0.4, 0.5) is 0 Å². The standard InChI is InChI=1S/C19H33NO/c1-18-9-3-4-15(18)14-8-6-12-5-7-13(21)10-19(12,2)17(14)16(20)11-18/h12-17,21H,3-11,20H2,1-2H3/t12?,13-,14+,15+,16-,17-,18+,19+/m1/s1. The van der Waals surface area contributed by atoms with E-state index in [2.05, 4.69) is 13.8 Å². The monoisotopic (exact) mass is 291 g/mol. The summed E-state index contributed by atoms with van der Waals surface area (Å²) in [6.07, 6.45) is 11.5. The summed E-state index contributed by atoms with van der Waals surface area (Å²) in [6, 6.07) is 0.368. The summed E-state index contributed by atoms with van der Waals surface area (Å²) in [5.41, 5.74) is 7.62. The predicted octanol–water partition coefficient (Wildman–Crippen LogP) is 3.72. The lowest BCUT2D eigenvalue weighted by Crippen LogP contribution is -2.60. The van der Waals surface area contributed by atoms with Gasteiger partial charge in [0.15, 0.2) is 0 Å². The molecule has 120 valence electrons. The Kier molecular flexibility index (Phi) is 3.25. The molecule has 4 aliphatic rings. The van der Waals surface area contributed by atoms with Gasteiger partial charge in [0, 0.05) is 6.04 Å². The molecule has 0 heterocycles. The molecular formula is C19H33NO. The molecule has 1 unspecified atom stereocenters. The number of aliphatic hydroxyl groups is 1. The van der Waals surface area contributed by atoms with Crippen LogP contribution in [0.1, 0.15) is 71.6 Å². The van der Waals surface area contributed by atoms with Gasteiger partial charge in [-0.25, -0.2) is 0 Å². The summed E-state index contributed by atoms with van der Waals surface area (Å²) >= 11 is 0. The zero-order valence-corrected chi connectivity index (χ0v) is 13.9. The predicted molar refractivity (Wildman–Crippen MR) is 85.7 cm³/mol. The van der Waals surface area contributed by atoms with Gasteiger partial charge in [-0.15, -0.1) is 0 Å². The summed E-state index contributed by atoms with van der Waals surface area (Å²) < 4.78 is 0. The Bertz CT molecular complexity index is 424. The van der Waals surface area contributed by atoms with Crippen molar-refractivity contribution in [3.8, 4) is 0 Å². The minimum absolute atomic E-state index is 0.0749. The van der Waals surface area contributed by atoms with Crippen molar-refractivity contribution in [2.45, 2.75) is 83.8 Å². The number of hydrogen-bond acceptors (Lipinski definition) is 2. The normalized spacial score (nSPS) is 60.0. The fourth-order valence-corrected chi connectivity index (χ4v) is 7.61. The average Bonchev–Trinajstić information content (AvgIpc) is 2.78. The second-order valence-electron chi connectivity index (χ2n) is 9.43. The molecule has 4 fully saturated rings. The van der Waals surface area contributed by atoms with Gasteiger partial charge in [0.05, 0.1) is 6.10 Å². The zero-order chi connectivity index (χ0) is 14.8. The third kappa shape index (κ3) is 1.97. The lowest BCUT2D eigenvalue weighted by atomic mass is 9.44. The van der Waals surface area contributed by atoms with E-state index in [0.717, 1.165) is 30.6 Å². The topological polar surface area (TPSA) is 46.2 Å². The highest BCUT2D eigenvalue weighted by Crippen LogP contribution is 2.65. The minimum Gasteiger partial charge on any atom is -0.393 e. The lowest BCUT2D eigenvalue weighted by Gasteiger charge is -2.62. The zero-order valence-electron chi connectivity index (χ0n) is 13.9. The van der Waals surface area contributed by atoms with Gasteiger partial charge >= 0.3 is 0 Å². The molecule has 21 heavy (non-hydrogen) atoms. The number of nitrogens with two attached hydrogens (primary N) is 1. The first-order valence-corrected chi connectivity index (χ1v) is 9.38. The quantitative estimate of drug-likeness (QED) is 0.714. The number of fused-ring (bicyclic) bond motifs is 5. The van der Waals surface area contributed by atoms with Crippen LogP contribution in [-0.4, -0.2) is 17.3 Å². The van der Waals surface area contributed by atoms with E-state index < -0.39 is 0 Å². The third-order valence-corrected chi connectivity index (χ3v) is 8.37. The van der Waals surface area contributed by atoms with Crippen molar-refractivity contribution in [3.05, 3.63) is 0 Å². The molecule has 0 spiro atoms. The maximum atomic E-state index is 10.3. The van der Waals surface area contributed by atoms with E-state index in [0.29, 0.717) is 22.8 Å². The molecule has 0 aromatic carbocycles. The first-order chi connectivity index (χ1) is 9.94. The summed E-state index contributed by atoms with van der Waals surface area (Å²) in [5, 5.41) is 10.3. The Balaban J connectivity index is 1.69. The highest BCUT2D eigenvalue weighted by Gasteiger charge is 2.60. The van der Waals surface area contributed by atoms with Crippen LogP contribution in [0.25, 0.3) is 0 Å². The molecule has 0 aromatic rings. The third-order valence-electron chi connectivity index (χ3n) is 8.37. The van der Waals surface area contributed by atoms with Crippen molar-refractivity contribution >= 4 is 0 Å². The van der Waals surface area contributed by atoms with Gasteiger partial charge < -0.3 is 10.8 Å². The molecule has 0 aliphatic heterocycles. The van der Waals surface area contributed by atoms with E-state index in [1.54, 1.807) is 0 Å². The highest BCUT2D eigenvalue weighted by molar-refractivity contribution is 5.11. The van der Waals surface area contributed by atoms with Crippen LogP contribution < -0.4 is 5.73 Å². The molecule has 4 saturated carbocycles. The van der Waals surface area contributed by atoms with E-state index in [1.807, 2.05) is 0 Å². The SMILES string of the molecule is C[C@@]12CCC[C@H]1[C@@H]1CCC3CC[C@@H](O)C[C@]3(C)[C@H]1[C@H](N)C2. The van der Waals surface area contributed by atoms with E-state index in [9.17, 15) is 5.11 Å². The van der Waals surface area contributed by atoms with Crippen LogP contribution in [0, 0.1) is 34.5 Å². The molecule has 0 aromatic heterocycles. The Hall–Kier alpha value is -0.0800. The first-order valence-electron chi connectivity index (χ1n) is 9.38. The molecule has 0 radical (unpaired) electrons.